The molecule has 0 fully saturated rings. The van der Waals surface area contributed by atoms with E-state index in [0.29, 0.717) is 36.4 Å². The zero-order valence-corrected chi connectivity index (χ0v) is 32.1. The highest BCUT2D eigenvalue weighted by Crippen LogP contribution is 2.53. The fraction of sp³-hybridized carbons (Fsp3) is 0.552. The van der Waals surface area contributed by atoms with Crippen molar-refractivity contribution in [2.75, 3.05) is 53.0 Å². The van der Waals surface area contributed by atoms with Crippen LogP contribution in [0, 0.1) is 0 Å². The quantitative estimate of drug-likeness (QED) is 0.0302. The lowest BCUT2D eigenvalue weighted by Gasteiger charge is -2.37. The van der Waals surface area contributed by atoms with E-state index in [2.05, 4.69) is 15.1 Å². The Balaban J connectivity index is 2.25. The molecular weight excluding hydrogens is 685 g/mol. The van der Waals surface area contributed by atoms with E-state index >= 15 is 0 Å². The molecule has 2 aromatic rings. The van der Waals surface area contributed by atoms with Gasteiger partial charge in [-0.3, -0.25) is 13.9 Å². The van der Waals surface area contributed by atoms with Crippen LogP contribution in [0.4, 0.5) is 5.69 Å². The Hall–Kier alpha value is -2.43. The van der Waals surface area contributed by atoms with Crippen LogP contribution in [0.25, 0.3) is 10.4 Å². The molecule has 0 N–H and O–H groups in total. The van der Waals surface area contributed by atoms with Crippen molar-refractivity contribution in [2.24, 2.45) is 10.2 Å². The van der Waals surface area contributed by atoms with Gasteiger partial charge in [0.05, 0.1) is 13.1 Å². The number of nitrogens with zero attached hydrogens (tertiary/aromatic N) is 6. The van der Waals surface area contributed by atoms with Crippen LogP contribution < -0.4 is 14.4 Å². The first-order valence-electron chi connectivity index (χ1n) is 14.9. The second kappa shape index (κ2) is 18.4. The average molecular weight is 733 g/mol. The van der Waals surface area contributed by atoms with Gasteiger partial charge < -0.3 is 32.5 Å². The molecule has 0 spiro atoms. The topological polar surface area (TPSA) is 157 Å². The van der Waals surface area contributed by atoms with Crippen LogP contribution in [0.2, 0.25) is 0 Å². The summed E-state index contributed by atoms with van der Waals surface area (Å²) >= 11 is 6.07. The summed E-state index contributed by atoms with van der Waals surface area (Å²) in [5, 5.41) is 7.73. The summed E-state index contributed by atoms with van der Waals surface area (Å²) in [6.45, 7) is 5.90. The van der Waals surface area contributed by atoms with E-state index in [9.17, 15) is 9.13 Å². The molecule has 0 saturated heterocycles. The fourth-order valence-electron chi connectivity index (χ4n) is 4.33. The van der Waals surface area contributed by atoms with E-state index in [4.69, 9.17) is 44.9 Å². The summed E-state index contributed by atoms with van der Waals surface area (Å²) < 4.78 is 60.7. The van der Waals surface area contributed by atoms with Gasteiger partial charge in [-0.05, 0) is 90.9 Å². The summed E-state index contributed by atoms with van der Waals surface area (Å²) in [6.07, 6.45) is 3.18. The number of rotatable bonds is 21. The molecule has 0 aliphatic carbocycles. The highest BCUT2D eigenvalue weighted by Gasteiger charge is 2.36. The van der Waals surface area contributed by atoms with Gasteiger partial charge >= 0.3 is 15.2 Å². The number of ether oxygens (including phenoxy) is 2. The number of hydrogen-bond donors (Lipinski definition) is 0. The van der Waals surface area contributed by atoms with Crippen molar-refractivity contribution >= 4 is 45.7 Å². The van der Waals surface area contributed by atoms with E-state index in [1.807, 2.05) is 40.0 Å². The number of azide groups is 1. The lowest BCUT2D eigenvalue weighted by Crippen LogP contribution is -2.33. The van der Waals surface area contributed by atoms with E-state index in [1.54, 1.807) is 59.2 Å². The zero-order valence-electron chi connectivity index (χ0n) is 28.5. The number of hydrazone groups is 1. The summed E-state index contributed by atoms with van der Waals surface area (Å²) in [6, 6.07) is 14.4. The predicted molar refractivity (Wildman–Crippen MR) is 192 cm³/mol. The molecule has 0 aromatic heterocycles. The summed E-state index contributed by atoms with van der Waals surface area (Å²) in [5.41, 5.74) is 9.29. The van der Waals surface area contributed by atoms with Crippen molar-refractivity contribution in [2.45, 2.75) is 58.0 Å². The van der Waals surface area contributed by atoms with Gasteiger partial charge in [0.25, 0.3) is 0 Å². The second-order valence-electron chi connectivity index (χ2n) is 10.5. The molecule has 0 saturated carbocycles. The molecule has 18 heteroatoms. The summed E-state index contributed by atoms with van der Waals surface area (Å²) in [4.78, 5) is 4.46. The van der Waals surface area contributed by atoms with Crippen molar-refractivity contribution in [3.63, 3.8) is 0 Å². The van der Waals surface area contributed by atoms with Crippen molar-refractivity contribution in [3.05, 3.63) is 64.5 Å². The maximum Gasteiger partial charge on any atom is 0.349 e. The molecule has 14 nitrogen and oxygen atoms in total. The lowest BCUT2D eigenvalue weighted by molar-refractivity contribution is 0.0921. The molecule has 0 bridgehead atoms. The molecule has 262 valence electrons. The van der Waals surface area contributed by atoms with Crippen molar-refractivity contribution < 1.29 is 36.7 Å². The molecule has 0 amide bonds. The number of hydrogen-bond acceptors (Lipinski definition) is 12. The minimum Gasteiger partial charge on any atom is -0.481 e. The van der Waals surface area contributed by atoms with E-state index in [1.165, 1.54) is 28.4 Å². The van der Waals surface area contributed by atoms with Gasteiger partial charge in [0, 0.05) is 46.1 Å². The summed E-state index contributed by atoms with van der Waals surface area (Å²) in [7, 11) is -0.0341. The molecule has 0 aliphatic heterocycles. The van der Waals surface area contributed by atoms with Crippen LogP contribution in [0.15, 0.2) is 58.7 Å². The third-order valence-electron chi connectivity index (χ3n) is 7.65. The predicted octanol–water partition coefficient (Wildman–Crippen LogP) is 8.65. The summed E-state index contributed by atoms with van der Waals surface area (Å²) in [5.74, 6) is 1.16. The minimum atomic E-state index is -3.52. The first-order valence-corrected chi connectivity index (χ1v) is 20.9. The molecule has 2 atom stereocenters. The molecule has 0 radical (unpaired) electrons. The fourth-order valence-corrected chi connectivity index (χ4v) is 9.31. The molecule has 2 unspecified atom stereocenters. The Kier molecular flexibility index (Phi) is 15.9. The highest BCUT2D eigenvalue weighted by atomic mass is 32.4. The average Bonchev–Trinajstić information content (AvgIpc) is 3.09. The van der Waals surface area contributed by atoms with Crippen LogP contribution in [0.1, 0.15) is 52.5 Å². The van der Waals surface area contributed by atoms with E-state index in [-0.39, 0.29) is 12.6 Å². The Bertz CT molecular complexity index is 1450. The Labute approximate surface area is 283 Å². The van der Waals surface area contributed by atoms with Crippen molar-refractivity contribution in [3.8, 4) is 11.5 Å². The first kappa shape index (κ1) is 40.7. The molecule has 47 heavy (non-hydrogen) atoms. The largest absolute Gasteiger partial charge is 0.481 e. The molecule has 0 aliphatic rings. The van der Waals surface area contributed by atoms with Crippen LogP contribution >= 0.6 is 22.0 Å². The highest BCUT2D eigenvalue weighted by molar-refractivity contribution is 8.04. The smallest absolute Gasteiger partial charge is 0.349 e. The van der Waals surface area contributed by atoms with Gasteiger partial charge in [0.15, 0.2) is 11.1 Å². The van der Waals surface area contributed by atoms with E-state index in [0.717, 1.165) is 5.56 Å². The minimum absolute atomic E-state index is 0.184. The lowest BCUT2D eigenvalue weighted by atomic mass is 10.2. The van der Waals surface area contributed by atoms with Gasteiger partial charge in [-0.25, -0.2) is 0 Å². The van der Waals surface area contributed by atoms with Gasteiger partial charge in [-0.1, -0.05) is 32.6 Å². The number of anilines is 1. The monoisotopic (exact) mass is 732 g/mol. The van der Waals surface area contributed by atoms with Crippen LogP contribution in [0.5, 0.6) is 11.5 Å². The Morgan fingerprint density at radius 3 is 1.74 bits per heavy atom. The first-order chi connectivity index (χ1) is 22.2. The van der Waals surface area contributed by atoms with Crippen LogP contribution in [-0.2, 0) is 39.0 Å². The molecule has 2 aromatic carbocycles. The second-order valence-corrected chi connectivity index (χ2v) is 18.3. The molecule has 0 heterocycles. The maximum absolute atomic E-state index is 13.0. The van der Waals surface area contributed by atoms with Gasteiger partial charge in [-0.2, -0.15) is 5.10 Å². The normalized spacial score (nSPS) is 14.2. The molecular formula is C29H47N6O8P3S. The standard InChI is InChI=1S/C29H47N6O8P3S/c1-10-28(4,32-33-30)42-26-17-13-24(14-18-26)21-31-34(5)44(47)29(11-2,12-3)43-27-19-15-25(16-20-27)35(22-45(36,38-6)39-7)23-46(37,40-8)41-9/h13-21,44H,10-12,22-23H2,1-9H3/b31-21+. The Morgan fingerprint density at radius 2 is 1.32 bits per heavy atom. The third-order valence-corrected chi connectivity index (χ3v) is 15.5. The maximum atomic E-state index is 13.0. The van der Waals surface area contributed by atoms with Crippen molar-refractivity contribution in [1.82, 2.24) is 4.78 Å². The van der Waals surface area contributed by atoms with Crippen LogP contribution in [0.3, 0.4) is 0 Å². The molecule has 2 rings (SSSR count). The SMILES string of the molecule is CCC(C)(N=[N+]=[N-])Oc1ccc(/C=N/N(C)[PH](=S)C(CC)(CC)Oc2ccc(N(CP(=O)(OC)OC)CP(=O)(OC)OC)cc2)cc1. The van der Waals surface area contributed by atoms with Crippen LogP contribution in [-0.4, -0.2) is 70.1 Å². The van der Waals surface area contributed by atoms with Crippen molar-refractivity contribution in [1.29, 1.82) is 0 Å². The van der Waals surface area contributed by atoms with Gasteiger partial charge in [0.2, 0.25) is 0 Å². The van der Waals surface area contributed by atoms with Gasteiger partial charge in [-0.15, -0.1) is 0 Å². The van der Waals surface area contributed by atoms with Gasteiger partial charge in [0.1, 0.15) is 24.1 Å². The number of benzene rings is 2. The third kappa shape index (κ3) is 11.3. The zero-order chi connectivity index (χ0) is 35.3. The van der Waals surface area contributed by atoms with E-state index < -0.39 is 33.1 Å². The Morgan fingerprint density at radius 1 is 0.851 bits per heavy atom.